The monoisotopic (exact) mass is 294 g/mol. The second-order valence-corrected chi connectivity index (χ2v) is 6.11. The van der Waals surface area contributed by atoms with Gasteiger partial charge in [-0.05, 0) is 38.5 Å². The SMILES string of the molecule is CCNC(=NCCCN1CCCC1=O)NCCCC1CC1. The van der Waals surface area contributed by atoms with Gasteiger partial charge in [-0.15, -0.1) is 0 Å². The summed E-state index contributed by atoms with van der Waals surface area (Å²) in [4.78, 5) is 18.1. The first-order chi connectivity index (χ1) is 10.3. The fraction of sp³-hybridized carbons (Fsp3) is 0.875. The molecule has 1 aliphatic heterocycles. The van der Waals surface area contributed by atoms with Crippen molar-refractivity contribution in [1.82, 2.24) is 15.5 Å². The maximum absolute atomic E-state index is 11.5. The van der Waals surface area contributed by atoms with E-state index in [9.17, 15) is 4.79 Å². The number of hydrogen-bond donors (Lipinski definition) is 2. The van der Waals surface area contributed by atoms with Crippen LogP contribution in [0.2, 0.25) is 0 Å². The number of rotatable bonds is 9. The Morgan fingerprint density at radius 1 is 1.33 bits per heavy atom. The molecule has 1 saturated heterocycles. The Bertz CT molecular complexity index is 352. The van der Waals surface area contributed by atoms with Gasteiger partial charge in [0.1, 0.15) is 0 Å². The van der Waals surface area contributed by atoms with Crippen LogP contribution < -0.4 is 10.6 Å². The molecule has 5 nitrogen and oxygen atoms in total. The van der Waals surface area contributed by atoms with E-state index in [2.05, 4.69) is 22.5 Å². The zero-order valence-electron chi connectivity index (χ0n) is 13.4. The molecule has 2 fully saturated rings. The molecule has 2 rings (SSSR count). The van der Waals surface area contributed by atoms with Gasteiger partial charge in [-0.2, -0.15) is 0 Å². The van der Waals surface area contributed by atoms with Crippen molar-refractivity contribution in [3.63, 3.8) is 0 Å². The fourth-order valence-corrected chi connectivity index (χ4v) is 2.74. The summed E-state index contributed by atoms with van der Waals surface area (Å²) in [6.45, 7) is 6.55. The van der Waals surface area contributed by atoms with E-state index in [1.54, 1.807) is 0 Å². The molecule has 1 aliphatic carbocycles. The Balaban J connectivity index is 1.58. The summed E-state index contributed by atoms with van der Waals surface area (Å²) in [6.07, 6.45) is 8.15. The summed E-state index contributed by atoms with van der Waals surface area (Å²) in [7, 11) is 0. The second-order valence-electron chi connectivity index (χ2n) is 6.11. The van der Waals surface area contributed by atoms with Crippen LogP contribution in [0.3, 0.4) is 0 Å². The Morgan fingerprint density at radius 3 is 2.86 bits per heavy atom. The number of likely N-dealkylation sites (tertiary alicyclic amines) is 1. The van der Waals surface area contributed by atoms with Gasteiger partial charge in [-0.3, -0.25) is 9.79 Å². The molecule has 0 bridgehead atoms. The summed E-state index contributed by atoms with van der Waals surface area (Å²) in [5, 5.41) is 6.68. The number of carbonyl (C=O) groups excluding carboxylic acids is 1. The molecule has 0 unspecified atom stereocenters. The van der Waals surface area contributed by atoms with Crippen molar-refractivity contribution in [1.29, 1.82) is 0 Å². The van der Waals surface area contributed by atoms with Crippen LogP contribution in [0, 0.1) is 5.92 Å². The zero-order valence-corrected chi connectivity index (χ0v) is 13.4. The Kier molecular flexibility index (Phi) is 6.83. The number of amides is 1. The third-order valence-electron chi connectivity index (χ3n) is 4.15. The van der Waals surface area contributed by atoms with E-state index in [0.717, 1.165) is 63.9 Å². The number of nitrogens with zero attached hydrogens (tertiary/aromatic N) is 2. The van der Waals surface area contributed by atoms with Gasteiger partial charge < -0.3 is 15.5 Å². The van der Waals surface area contributed by atoms with Crippen LogP contribution in [-0.2, 0) is 4.79 Å². The smallest absolute Gasteiger partial charge is 0.222 e. The molecule has 5 heteroatoms. The average molecular weight is 294 g/mol. The second kappa shape index (κ2) is 8.90. The van der Waals surface area contributed by atoms with Gasteiger partial charge >= 0.3 is 0 Å². The molecular weight excluding hydrogens is 264 g/mol. The van der Waals surface area contributed by atoms with E-state index in [4.69, 9.17) is 0 Å². The summed E-state index contributed by atoms with van der Waals surface area (Å²) in [5.74, 6) is 2.23. The van der Waals surface area contributed by atoms with Gasteiger partial charge in [0.05, 0.1) is 0 Å². The van der Waals surface area contributed by atoms with E-state index in [1.165, 1.54) is 25.7 Å². The van der Waals surface area contributed by atoms with Gasteiger partial charge in [0.15, 0.2) is 5.96 Å². The molecule has 0 radical (unpaired) electrons. The summed E-state index contributed by atoms with van der Waals surface area (Å²) >= 11 is 0. The first-order valence-electron chi connectivity index (χ1n) is 8.59. The van der Waals surface area contributed by atoms with E-state index in [1.807, 2.05) is 4.90 Å². The lowest BCUT2D eigenvalue weighted by molar-refractivity contribution is -0.127. The summed E-state index contributed by atoms with van der Waals surface area (Å²) in [5.41, 5.74) is 0. The molecule has 1 heterocycles. The average Bonchev–Trinajstić information content (AvgIpc) is 3.21. The van der Waals surface area contributed by atoms with Crippen LogP contribution in [0.15, 0.2) is 4.99 Å². The topological polar surface area (TPSA) is 56.7 Å². The van der Waals surface area contributed by atoms with Gasteiger partial charge in [-0.1, -0.05) is 12.8 Å². The Morgan fingerprint density at radius 2 is 2.19 bits per heavy atom. The van der Waals surface area contributed by atoms with Gasteiger partial charge in [-0.25, -0.2) is 0 Å². The maximum atomic E-state index is 11.5. The zero-order chi connectivity index (χ0) is 14.9. The van der Waals surface area contributed by atoms with Crippen LogP contribution >= 0.6 is 0 Å². The molecule has 2 N–H and O–H groups in total. The van der Waals surface area contributed by atoms with Crippen molar-refractivity contribution in [3.05, 3.63) is 0 Å². The quantitative estimate of drug-likeness (QED) is 0.387. The van der Waals surface area contributed by atoms with Gasteiger partial charge in [0.2, 0.25) is 5.91 Å². The van der Waals surface area contributed by atoms with Crippen molar-refractivity contribution in [2.45, 2.75) is 51.9 Å². The molecule has 0 aromatic heterocycles. The highest BCUT2D eigenvalue weighted by Crippen LogP contribution is 2.33. The van der Waals surface area contributed by atoms with Crippen molar-refractivity contribution in [2.75, 3.05) is 32.7 Å². The van der Waals surface area contributed by atoms with Crippen LogP contribution in [-0.4, -0.2) is 49.5 Å². The molecule has 0 aromatic rings. The highest BCUT2D eigenvalue weighted by atomic mass is 16.2. The molecule has 21 heavy (non-hydrogen) atoms. The minimum Gasteiger partial charge on any atom is -0.357 e. The maximum Gasteiger partial charge on any atom is 0.222 e. The standard InChI is InChI=1S/C16H30N4O/c1-2-17-16(18-10-3-6-14-8-9-14)19-11-5-13-20-12-4-7-15(20)21/h14H,2-13H2,1H3,(H2,17,18,19). The predicted molar refractivity (Wildman–Crippen MR) is 86.4 cm³/mol. The minimum atomic E-state index is 0.309. The summed E-state index contributed by atoms with van der Waals surface area (Å²) in [6, 6.07) is 0. The van der Waals surface area contributed by atoms with Crippen molar-refractivity contribution in [2.24, 2.45) is 10.9 Å². The molecule has 0 atom stereocenters. The normalized spacial score (nSPS) is 19.2. The summed E-state index contributed by atoms with van der Waals surface area (Å²) < 4.78 is 0. The first kappa shape index (κ1) is 16.1. The van der Waals surface area contributed by atoms with Crippen LogP contribution in [0.5, 0.6) is 0 Å². The van der Waals surface area contributed by atoms with Crippen LogP contribution in [0.25, 0.3) is 0 Å². The highest BCUT2D eigenvalue weighted by molar-refractivity contribution is 5.79. The van der Waals surface area contributed by atoms with Crippen molar-refractivity contribution < 1.29 is 4.79 Å². The first-order valence-corrected chi connectivity index (χ1v) is 8.59. The fourth-order valence-electron chi connectivity index (χ4n) is 2.74. The third kappa shape index (κ3) is 6.36. The van der Waals surface area contributed by atoms with Crippen LogP contribution in [0.1, 0.15) is 51.9 Å². The van der Waals surface area contributed by atoms with Gasteiger partial charge in [0.25, 0.3) is 0 Å². The van der Waals surface area contributed by atoms with Crippen molar-refractivity contribution in [3.8, 4) is 0 Å². The minimum absolute atomic E-state index is 0.309. The molecule has 1 saturated carbocycles. The number of aliphatic imine (C=N–C) groups is 1. The molecule has 0 aromatic carbocycles. The van der Waals surface area contributed by atoms with E-state index in [-0.39, 0.29) is 0 Å². The highest BCUT2D eigenvalue weighted by Gasteiger charge is 2.20. The molecule has 1 amide bonds. The van der Waals surface area contributed by atoms with Crippen molar-refractivity contribution >= 4 is 11.9 Å². The molecule has 0 spiro atoms. The predicted octanol–water partition coefficient (Wildman–Crippen LogP) is 1.74. The number of guanidine groups is 1. The van der Waals surface area contributed by atoms with E-state index >= 15 is 0 Å². The number of nitrogens with one attached hydrogen (secondary N) is 2. The van der Waals surface area contributed by atoms with E-state index < -0.39 is 0 Å². The lowest BCUT2D eigenvalue weighted by Crippen LogP contribution is -2.38. The molecule has 120 valence electrons. The third-order valence-corrected chi connectivity index (χ3v) is 4.15. The van der Waals surface area contributed by atoms with Gasteiger partial charge in [0, 0.05) is 39.1 Å². The number of carbonyl (C=O) groups is 1. The Labute approximate surface area is 128 Å². The number of hydrogen-bond acceptors (Lipinski definition) is 2. The lowest BCUT2D eigenvalue weighted by Gasteiger charge is -2.15. The lowest BCUT2D eigenvalue weighted by atomic mass is 10.2. The molecule has 2 aliphatic rings. The largest absolute Gasteiger partial charge is 0.357 e. The van der Waals surface area contributed by atoms with E-state index in [0.29, 0.717) is 5.91 Å². The Hall–Kier alpha value is -1.26. The molecular formula is C16H30N4O. The van der Waals surface area contributed by atoms with Crippen LogP contribution in [0.4, 0.5) is 0 Å².